The summed E-state index contributed by atoms with van der Waals surface area (Å²) in [6.45, 7) is 9.24. The standard InChI is InChI=1S/C11H24O3/c1-8(2)10(12)11(9(3)4)14-7-6-13-5/h8-12H,6-7H2,1-5H3. The zero-order valence-electron chi connectivity index (χ0n) is 9.99. The molecule has 0 aromatic carbocycles. The van der Waals surface area contributed by atoms with Crippen LogP contribution in [0.25, 0.3) is 0 Å². The van der Waals surface area contributed by atoms with Crippen molar-refractivity contribution in [3.05, 3.63) is 0 Å². The van der Waals surface area contributed by atoms with Crippen LogP contribution in [-0.4, -0.2) is 37.6 Å². The molecule has 0 aliphatic carbocycles. The Morgan fingerprint density at radius 2 is 1.57 bits per heavy atom. The van der Waals surface area contributed by atoms with Gasteiger partial charge >= 0.3 is 0 Å². The molecule has 14 heavy (non-hydrogen) atoms. The van der Waals surface area contributed by atoms with Crippen LogP contribution in [0.15, 0.2) is 0 Å². The largest absolute Gasteiger partial charge is 0.390 e. The first-order valence-corrected chi connectivity index (χ1v) is 5.29. The summed E-state index contributed by atoms with van der Waals surface area (Å²) in [5, 5.41) is 9.89. The van der Waals surface area contributed by atoms with Gasteiger partial charge in [0, 0.05) is 7.11 Å². The Morgan fingerprint density at radius 1 is 1.00 bits per heavy atom. The fourth-order valence-electron chi connectivity index (χ4n) is 1.33. The number of methoxy groups -OCH3 is 1. The lowest BCUT2D eigenvalue weighted by atomic mass is 9.94. The van der Waals surface area contributed by atoms with Gasteiger partial charge in [0.1, 0.15) is 0 Å². The summed E-state index contributed by atoms with van der Waals surface area (Å²) in [5.41, 5.74) is 0. The van der Waals surface area contributed by atoms with E-state index in [2.05, 4.69) is 13.8 Å². The van der Waals surface area contributed by atoms with Crippen LogP contribution in [0.2, 0.25) is 0 Å². The molecular formula is C11H24O3. The van der Waals surface area contributed by atoms with Crippen LogP contribution in [-0.2, 0) is 9.47 Å². The molecule has 2 atom stereocenters. The molecule has 3 nitrogen and oxygen atoms in total. The van der Waals surface area contributed by atoms with Crippen LogP contribution in [0.4, 0.5) is 0 Å². The molecule has 0 heterocycles. The first-order chi connectivity index (χ1) is 6.50. The molecule has 0 radical (unpaired) electrons. The highest BCUT2D eigenvalue weighted by Crippen LogP contribution is 2.17. The van der Waals surface area contributed by atoms with Gasteiger partial charge in [-0.15, -0.1) is 0 Å². The normalized spacial score (nSPS) is 16.3. The monoisotopic (exact) mass is 204 g/mol. The van der Waals surface area contributed by atoms with Crippen LogP contribution in [0.1, 0.15) is 27.7 Å². The van der Waals surface area contributed by atoms with E-state index in [1.165, 1.54) is 0 Å². The van der Waals surface area contributed by atoms with Crippen molar-refractivity contribution in [1.29, 1.82) is 0 Å². The molecule has 0 fully saturated rings. The predicted octanol–water partition coefficient (Wildman–Crippen LogP) is 1.69. The van der Waals surface area contributed by atoms with Crippen LogP contribution >= 0.6 is 0 Å². The zero-order chi connectivity index (χ0) is 11.1. The maximum atomic E-state index is 9.89. The number of rotatable bonds is 7. The molecule has 0 rings (SSSR count). The first kappa shape index (κ1) is 13.9. The summed E-state index contributed by atoms with van der Waals surface area (Å²) in [4.78, 5) is 0. The van der Waals surface area contributed by atoms with E-state index in [1.54, 1.807) is 7.11 Å². The first-order valence-electron chi connectivity index (χ1n) is 5.29. The van der Waals surface area contributed by atoms with Crippen molar-refractivity contribution in [2.75, 3.05) is 20.3 Å². The van der Waals surface area contributed by atoms with E-state index < -0.39 is 6.10 Å². The molecule has 0 amide bonds. The fourth-order valence-corrected chi connectivity index (χ4v) is 1.33. The van der Waals surface area contributed by atoms with Gasteiger partial charge in [-0.2, -0.15) is 0 Å². The SMILES string of the molecule is COCCOC(C(C)C)C(O)C(C)C. The average Bonchev–Trinajstić information content (AvgIpc) is 2.10. The van der Waals surface area contributed by atoms with Gasteiger partial charge in [0.25, 0.3) is 0 Å². The van der Waals surface area contributed by atoms with Crippen molar-refractivity contribution in [3.63, 3.8) is 0 Å². The molecular weight excluding hydrogens is 180 g/mol. The highest BCUT2D eigenvalue weighted by Gasteiger charge is 2.25. The second kappa shape index (κ2) is 7.21. The lowest BCUT2D eigenvalue weighted by Crippen LogP contribution is -2.38. The lowest BCUT2D eigenvalue weighted by Gasteiger charge is -2.29. The molecule has 1 N–H and O–H groups in total. The van der Waals surface area contributed by atoms with Crippen LogP contribution in [0.5, 0.6) is 0 Å². The Kier molecular flexibility index (Phi) is 7.15. The summed E-state index contributed by atoms with van der Waals surface area (Å²) in [6.07, 6.45) is -0.489. The van der Waals surface area contributed by atoms with Gasteiger partial charge in [-0.25, -0.2) is 0 Å². The smallest absolute Gasteiger partial charge is 0.0860 e. The minimum Gasteiger partial charge on any atom is -0.390 e. The fraction of sp³-hybridized carbons (Fsp3) is 1.00. The molecule has 0 aromatic rings. The molecule has 0 saturated heterocycles. The Balaban J connectivity index is 4.01. The molecule has 0 saturated carbocycles. The molecule has 0 aliphatic heterocycles. The maximum absolute atomic E-state index is 9.89. The second-order valence-corrected chi connectivity index (χ2v) is 4.31. The molecule has 2 unspecified atom stereocenters. The van der Waals surface area contributed by atoms with Crippen molar-refractivity contribution in [2.24, 2.45) is 11.8 Å². The average molecular weight is 204 g/mol. The third-order valence-corrected chi connectivity index (χ3v) is 2.27. The maximum Gasteiger partial charge on any atom is 0.0860 e. The number of hydrogen-bond acceptors (Lipinski definition) is 3. The molecule has 3 heteroatoms. The second-order valence-electron chi connectivity index (χ2n) is 4.31. The number of hydrogen-bond donors (Lipinski definition) is 1. The van der Waals surface area contributed by atoms with Crippen LogP contribution in [0, 0.1) is 11.8 Å². The van der Waals surface area contributed by atoms with E-state index in [9.17, 15) is 5.11 Å². The highest BCUT2D eigenvalue weighted by molar-refractivity contribution is 4.74. The number of ether oxygens (including phenoxy) is 2. The Labute approximate surface area is 87.4 Å². The zero-order valence-corrected chi connectivity index (χ0v) is 9.99. The van der Waals surface area contributed by atoms with E-state index in [0.717, 1.165) is 0 Å². The Bertz CT molecular complexity index is 134. The Hall–Kier alpha value is -0.120. The van der Waals surface area contributed by atoms with Crippen molar-refractivity contribution in [3.8, 4) is 0 Å². The van der Waals surface area contributed by atoms with Crippen molar-refractivity contribution >= 4 is 0 Å². The molecule has 86 valence electrons. The summed E-state index contributed by atoms with van der Waals surface area (Å²) < 4.78 is 10.5. The lowest BCUT2D eigenvalue weighted by molar-refractivity contribution is -0.0877. The molecule has 0 aromatic heterocycles. The minimum absolute atomic E-state index is 0.0925. The highest BCUT2D eigenvalue weighted by atomic mass is 16.5. The quantitative estimate of drug-likeness (QED) is 0.641. The van der Waals surface area contributed by atoms with Gasteiger partial charge in [-0.3, -0.25) is 0 Å². The van der Waals surface area contributed by atoms with Gasteiger partial charge < -0.3 is 14.6 Å². The van der Waals surface area contributed by atoms with Gasteiger partial charge in [-0.05, 0) is 11.8 Å². The summed E-state index contributed by atoms with van der Waals surface area (Å²) in [6, 6.07) is 0. The summed E-state index contributed by atoms with van der Waals surface area (Å²) >= 11 is 0. The third kappa shape index (κ3) is 4.94. The van der Waals surface area contributed by atoms with E-state index in [4.69, 9.17) is 9.47 Å². The van der Waals surface area contributed by atoms with E-state index in [0.29, 0.717) is 19.1 Å². The number of aliphatic hydroxyl groups excluding tert-OH is 1. The van der Waals surface area contributed by atoms with Crippen molar-refractivity contribution in [2.45, 2.75) is 39.9 Å². The minimum atomic E-state index is -0.396. The molecule has 0 aliphatic rings. The topological polar surface area (TPSA) is 38.7 Å². The van der Waals surface area contributed by atoms with E-state index in [1.807, 2.05) is 13.8 Å². The van der Waals surface area contributed by atoms with Gasteiger partial charge in [0.2, 0.25) is 0 Å². The molecule has 0 spiro atoms. The van der Waals surface area contributed by atoms with Gasteiger partial charge in [0.15, 0.2) is 0 Å². The van der Waals surface area contributed by atoms with E-state index >= 15 is 0 Å². The van der Waals surface area contributed by atoms with Crippen LogP contribution < -0.4 is 0 Å². The summed E-state index contributed by atoms with van der Waals surface area (Å²) in [7, 11) is 1.65. The summed E-state index contributed by atoms with van der Waals surface area (Å²) in [5.74, 6) is 0.550. The van der Waals surface area contributed by atoms with Crippen molar-refractivity contribution in [1.82, 2.24) is 0 Å². The predicted molar refractivity (Wildman–Crippen MR) is 57.3 cm³/mol. The van der Waals surface area contributed by atoms with Crippen LogP contribution in [0.3, 0.4) is 0 Å². The van der Waals surface area contributed by atoms with E-state index in [-0.39, 0.29) is 12.0 Å². The molecule has 0 bridgehead atoms. The van der Waals surface area contributed by atoms with Gasteiger partial charge in [0.05, 0.1) is 25.4 Å². The third-order valence-electron chi connectivity index (χ3n) is 2.27. The Morgan fingerprint density at radius 3 is 1.93 bits per heavy atom. The van der Waals surface area contributed by atoms with Crippen molar-refractivity contribution < 1.29 is 14.6 Å². The van der Waals surface area contributed by atoms with Gasteiger partial charge in [-0.1, -0.05) is 27.7 Å². The number of aliphatic hydroxyl groups is 1.